The van der Waals surface area contributed by atoms with Crippen molar-refractivity contribution in [3.63, 3.8) is 0 Å². The van der Waals surface area contributed by atoms with Crippen molar-refractivity contribution < 1.29 is 31.4 Å². The average molecular weight is 416 g/mol. The molecular weight excluding hydrogens is 397 g/mol. The Bertz CT molecular complexity index is 959. The van der Waals surface area contributed by atoms with Gasteiger partial charge in [0, 0.05) is 25.5 Å². The van der Waals surface area contributed by atoms with E-state index in [0.717, 1.165) is 16.4 Å². The number of aliphatic hydroxyl groups is 1. The molecule has 28 heavy (non-hydrogen) atoms. The fourth-order valence-corrected chi connectivity index (χ4v) is 8.24. The molecule has 4 rings (SSSR count). The number of nitriles is 1. The van der Waals surface area contributed by atoms with E-state index in [4.69, 9.17) is 10.00 Å². The van der Waals surface area contributed by atoms with Crippen LogP contribution in [0.2, 0.25) is 0 Å². The number of fused-ring (bicyclic) bond motifs is 5. The molecule has 0 spiro atoms. The maximum Gasteiger partial charge on any atom is 0.417 e. The zero-order valence-electron chi connectivity index (χ0n) is 15.0. The van der Waals surface area contributed by atoms with Gasteiger partial charge in [-0.05, 0) is 37.0 Å². The van der Waals surface area contributed by atoms with Crippen LogP contribution >= 0.6 is 0 Å². The lowest BCUT2D eigenvalue weighted by molar-refractivity contribution is -0.137. The molecule has 10 heteroatoms. The van der Waals surface area contributed by atoms with E-state index in [1.54, 1.807) is 0 Å². The first-order valence-corrected chi connectivity index (χ1v) is 10.3. The number of alkyl halides is 3. The van der Waals surface area contributed by atoms with Gasteiger partial charge in [-0.3, -0.25) is 4.31 Å². The number of rotatable bonds is 3. The Morgan fingerprint density at radius 3 is 2.68 bits per heavy atom. The first kappa shape index (κ1) is 19.5. The van der Waals surface area contributed by atoms with Crippen molar-refractivity contribution in [1.29, 1.82) is 5.26 Å². The molecule has 1 aliphatic heterocycles. The molecule has 0 amide bonds. The van der Waals surface area contributed by atoms with Gasteiger partial charge in [-0.25, -0.2) is 8.42 Å². The van der Waals surface area contributed by atoms with Gasteiger partial charge < -0.3 is 9.84 Å². The Morgan fingerprint density at radius 1 is 1.36 bits per heavy atom. The van der Waals surface area contributed by atoms with Crippen molar-refractivity contribution in [2.24, 2.45) is 17.8 Å². The van der Waals surface area contributed by atoms with Crippen LogP contribution in [-0.4, -0.2) is 44.6 Å². The summed E-state index contributed by atoms with van der Waals surface area (Å²) in [5.41, 5.74) is -1.84. The maximum absolute atomic E-state index is 13.5. The lowest BCUT2D eigenvalue weighted by Crippen LogP contribution is -2.54. The standard InChI is InChI=1S/C18H19F3N2O4S/c1-27-9-17-14-4-11(5-16(14)24)15(17)8-23(28(17,25)26)12-3-2-10(7-22)13(6-12)18(19,20)21/h2-3,6,11,14-16,24H,4-5,8-9H2,1H3/t11-,14-,15-,16-,17+/m0/s1. The van der Waals surface area contributed by atoms with Crippen LogP contribution in [0.1, 0.15) is 24.0 Å². The molecule has 0 aromatic heterocycles. The first-order chi connectivity index (χ1) is 13.1. The third kappa shape index (κ3) is 2.36. The lowest BCUT2D eigenvalue weighted by Gasteiger charge is -2.38. The number of hydrogen-bond donors (Lipinski definition) is 1. The van der Waals surface area contributed by atoms with Gasteiger partial charge in [0.05, 0.1) is 35.6 Å². The zero-order valence-corrected chi connectivity index (χ0v) is 15.8. The van der Waals surface area contributed by atoms with Crippen molar-refractivity contribution >= 4 is 15.7 Å². The molecule has 3 fully saturated rings. The lowest BCUT2D eigenvalue weighted by atomic mass is 9.77. The summed E-state index contributed by atoms with van der Waals surface area (Å²) in [4.78, 5) is 0. The topological polar surface area (TPSA) is 90.6 Å². The molecule has 6 nitrogen and oxygen atoms in total. The largest absolute Gasteiger partial charge is 0.417 e. The second-order valence-electron chi connectivity index (χ2n) is 7.78. The van der Waals surface area contributed by atoms with Gasteiger partial charge in [0.25, 0.3) is 0 Å². The summed E-state index contributed by atoms with van der Waals surface area (Å²) in [7, 11) is -2.71. The highest BCUT2D eigenvalue weighted by Crippen LogP contribution is 2.62. The highest BCUT2D eigenvalue weighted by molar-refractivity contribution is 7.94. The number of ether oxygens (including phenoxy) is 1. The fourth-order valence-electron chi connectivity index (χ4n) is 5.53. The molecule has 2 saturated carbocycles. The Kier molecular flexibility index (Phi) is 4.23. The van der Waals surface area contributed by atoms with E-state index in [-0.39, 0.29) is 30.7 Å². The number of anilines is 1. The first-order valence-electron chi connectivity index (χ1n) is 8.88. The average Bonchev–Trinajstić information content (AvgIpc) is 3.21. The fraction of sp³-hybridized carbons (Fsp3) is 0.611. The van der Waals surface area contributed by atoms with Crippen molar-refractivity contribution in [1.82, 2.24) is 0 Å². The molecular formula is C18H19F3N2O4S. The van der Waals surface area contributed by atoms with Gasteiger partial charge in [-0.15, -0.1) is 0 Å². The summed E-state index contributed by atoms with van der Waals surface area (Å²) in [6.45, 7) is -0.0695. The molecule has 1 N–H and O–H groups in total. The van der Waals surface area contributed by atoms with Crippen LogP contribution in [0.4, 0.5) is 18.9 Å². The predicted octanol–water partition coefficient (Wildman–Crippen LogP) is 2.13. The second-order valence-corrected chi connectivity index (χ2v) is 9.93. The third-order valence-electron chi connectivity index (χ3n) is 6.61. The van der Waals surface area contributed by atoms with Crippen LogP contribution in [0, 0.1) is 29.1 Å². The zero-order chi connectivity index (χ0) is 20.5. The molecule has 0 unspecified atom stereocenters. The molecule has 1 saturated heterocycles. The van der Waals surface area contributed by atoms with E-state index in [0.29, 0.717) is 12.8 Å². The smallest absolute Gasteiger partial charge is 0.393 e. The van der Waals surface area contributed by atoms with E-state index in [1.807, 2.05) is 0 Å². The van der Waals surface area contributed by atoms with Crippen molar-refractivity contribution in [3.8, 4) is 6.07 Å². The minimum atomic E-state index is -4.78. The van der Waals surface area contributed by atoms with E-state index in [1.165, 1.54) is 19.2 Å². The van der Waals surface area contributed by atoms with Crippen molar-refractivity contribution in [3.05, 3.63) is 29.3 Å². The summed E-state index contributed by atoms with van der Waals surface area (Å²) in [6.07, 6.45) is -4.48. The Morgan fingerprint density at radius 2 is 2.07 bits per heavy atom. The molecule has 2 bridgehead atoms. The number of benzene rings is 1. The highest BCUT2D eigenvalue weighted by Gasteiger charge is 2.73. The minimum Gasteiger partial charge on any atom is -0.393 e. The van der Waals surface area contributed by atoms with Gasteiger partial charge in [0.2, 0.25) is 10.0 Å². The summed E-state index contributed by atoms with van der Waals surface area (Å²) in [5.74, 6) is -0.843. The predicted molar refractivity (Wildman–Crippen MR) is 92.7 cm³/mol. The van der Waals surface area contributed by atoms with Gasteiger partial charge in [0.15, 0.2) is 0 Å². The maximum atomic E-state index is 13.5. The Hall–Kier alpha value is -1.83. The summed E-state index contributed by atoms with van der Waals surface area (Å²) in [6, 6.07) is 4.44. The second kappa shape index (κ2) is 6.08. The van der Waals surface area contributed by atoms with E-state index in [2.05, 4.69) is 0 Å². The monoisotopic (exact) mass is 416 g/mol. The quantitative estimate of drug-likeness (QED) is 0.815. The van der Waals surface area contributed by atoms with Crippen LogP contribution in [0.25, 0.3) is 0 Å². The molecule has 1 aromatic rings. The summed E-state index contributed by atoms with van der Waals surface area (Å²) in [5, 5.41) is 19.3. The Balaban J connectivity index is 1.83. The van der Waals surface area contributed by atoms with E-state index in [9.17, 15) is 26.7 Å². The number of nitrogens with zero attached hydrogens (tertiary/aromatic N) is 2. The molecule has 152 valence electrons. The van der Waals surface area contributed by atoms with Gasteiger partial charge in [-0.1, -0.05) is 0 Å². The van der Waals surface area contributed by atoms with E-state index >= 15 is 0 Å². The third-order valence-corrected chi connectivity index (χ3v) is 9.23. The van der Waals surface area contributed by atoms with Crippen LogP contribution in [0.5, 0.6) is 0 Å². The van der Waals surface area contributed by atoms with Gasteiger partial charge in [0.1, 0.15) is 4.75 Å². The van der Waals surface area contributed by atoms with E-state index < -0.39 is 44.1 Å². The number of sulfonamides is 1. The molecule has 1 aromatic carbocycles. The van der Waals surface area contributed by atoms with Crippen LogP contribution in [0.15, 0.2) is 18.2 Å². The van der Waals surface area contributed by atoms with Crippen LogP contribution in [0.3, 0.4) is 0 Å². The molecule has 2 aliphatic carbocycles. The molecule has 1 heterocycles. The van der Waals surface area contributed by atoms with Crippen molar-refractivity contribution in [2.45, 2.75) is 29.9 Å². The normalized spacial score (nSPS) is 35.8. The SMILES string of the molecule is COC[C@@]12[C@@H](CN(c3ccc(C#N)c(C(F)(F)F)c3)S1(=O)=O)[C@@H]1C[C@H](O)[C@@H]2C1. The Labute approximate surface area is 160 Å². The number of halogens is 3. The number of methoxy groups -OCH3 is 1. The summed E-state index contributed by atoms with van der Waals surface area (Å²) < 4.78 is 72.0. The number of aliphatic hydroxyl groups excluding tert-OH is 1. The van der Waals surface area contributed by atoms with Gasteiger partial charge in [-0.2, -0.15) is 18.4 Å². The molecule has 0 radical (unpaired) electrons. The highest BCUT2D eigenvalue weighted by atomic mass is 32.2. The van der Waals surface area contributed by atoms with Crippen LogP contribution in [-0.2, 0) is 20.9 Å². The van der Waals surface area contributed by atoms with Crippen molar-refractivity contribution in [2.75, 3.05) is 24.6 Å². The molecule has 5 atom stereocenters. The minimum absolute atomic E-state index is 0.0182. The summed E-state index contributed by atoms with van der Waals surface area (Å²) >= 11 is 0. The number of hydrogen-bond acceptors (Lipinski definition) is 5. The van der Waals surface area contributed by atoms with Crippen LogP contribution < -0.4 is 4.31 Å². The van der Waals surface area contributed by atoms with Gasteiger partial charge >= 0.3 is 6.18 Å². The molecule has 3 aliphatic rings.